The Bertz CT molecular complexity index is 2710. The Kier molecular flexibility index (Phi) is 8.65. The Morgan fingerprint density at radius 2 is 0.660 bits per heavy atom. The minimum absolute atomic E-state index is 0.672. The van der Waals surface area contributed by atoms with Gasteiger partial charge in [0.05, 0.1) is 28.4 Å². The van der Waals surface area contributed by atoms with E-state index >= 15 is 0 Å². The topological polar surface area (TPSA) is 6.48 Å². The average molecular weight is 765 g/mol. The number of rotatable bonds is 6. The van der Waals surface area contributed by atoms with E-state index < -0.39 is 0 Å². The molecule has 0 saturated heterocycles. The molecule has 0 aliphatic carbocycles. The molecule has 53 heavy (non-hydrogen) atoms. The lowest BCUT2D eigenvalue weighted by molar-refractivity contribution is 1.25. The maximum Gasteiger partial charge on any atom is 0.0540 e. The zero-order valence-corrected chi connectivity index (χ0v) is 31.5. The summed E-state index contributed by atoms with van der Waals surface area (Å²) in [5.41, 5.74) is 7.04. The molecule has 0 heterocycles. The number of benzene rings is 9. The number of hydrogen-bond acceptors (Lipinski definition) is 2. The quantitative estimate of drug-likeness (QED) is 0.166. The molecule has 256 valence electrons. The molecule has 9 aromatic carbocycles. The Labute approximate surface area is 327 Å². The molecule has 2 nitrogen and oxygen atoms in total. The van der Waals surface area contributed by atoms with Gasteiger partial charge in [-0.25, -0.2) is 0 Å². The van der Waals surface area contributed by atoms with E-state index in [-0.39, 0.29) is 0 Å². The molecule has 0 aliphatic heterocycles. The van der Waals surface area contributed by atoms with E-state index in [2.05, 4.69) is 132 Å². The van der Waals surface area contributed by atoms with Crippen LogP contribution in [-0.4, -0.2) is 0 Å². The minimum atomic E-state index is 0.672. The van der Waals surface area contributed by atoms with Crippen LogP contribution in [0.1, 0.15) is 5.56 Å². The summed E-state index contributed by atoms with van der Waals surface area (Å²) in [5, 5.41) is 11.2. The zero-order valence-electron chi connectivity index (χ0n) is 28.5. The van der Waals surface area contributed by atoms with Crippen molar-refractivity contribution in [2.45, 2.75) is 6.92 Å². The van der Waals surface area contributed by atoms with Crippen molar-refractivity contribution in [3.63, 3.8) is 0 Å². The highest BCUT2D eigenvalue weighted by Gasteiger charge is 2.24. The Morgan fingerprint density at radius 1 is 0.321 bits per heavy atom. The van der Waals surface area contributed by atoms with E-state index in [9.17, 15) is 0 Å². The normalized spacial score (nSPS) is 11.5. The van der Waals surface area contributed by atoms with Gasteiger partial charge in [-0.3, -0.25) is 0 Å². The van der Waals surface area contributed by atoms with Crippen molar-refractivity contribution < 1.29 is 0 Å². The largest absolute Gasteiger partial charge is 0.309 e. The smallest absolute Gasteiger partial charge is 0.0540 e. The van der Waals surface area contributed by atoms with Gasteiger partial charge in [-0.1, -0.05) is 125 Å². The highest BCUT2D eigenvalue weighted by Crippen LogP contribution is 2.48. The van der Waals surface area contributed by atoms with Crippen molar-refractivity contribution in [3.8, 4) is 0 Å². The fourth-order valence-electron chi connectivity index (χ4n) is 7.47. The van der Waals surface area contributed by atoms with Crippen LogP contribution >= 0.6 is 46.4 Å². The van der Waals surface area contributed by atoms with Gasteiger partial charge in [0.15, 0.2) is 0 Å². The van der Waals surface area contributed by atoms with Gasteiger partial charge in [-0.05, 0) is 119 Å². The molecule has 0 aromatic heterocycles. The van der Waals surface area contributed by atoms with Crippen LogP contribution in [0.5, 0.6) is 0 Å². The second-order valence-electron chi connectivity index (χ2n) is 13.2. The van der Waals surface area contributed by atoms with Gasteiger partial charge in [0.1, 0.15) is 0 Å². The standard InChI is InChI=1S/C47H30Cl4N2/c1-29-14-23-38(52(43-10-2-6-30-15-19-34(48)24-39(30)43)44-11-3-7-31-16-20-35(49)25-40(31)44)28-47(29)53(45-12-4-8-32-17-21-36(50)26-41(32)45)46-13-5-9-33-18-22-37(51)27-42(33)46/h2-28H,1H3. The van der Waals surface area contributed by atoms with Crippen LogP contribution in [0.2, 0.25) is 20.1 Å². The van der Waals surface area contributed by atoms with Crippen molar-refractivity contribution >= 4 is 124 Å². The van der Waals surface area contributed by atoms with Crippen molar-refractivity contribution in [3.05, 3.63) is 189 Å². The second kappa shape index (κ2) is 13.6. The summed E-state index contributed by atoms with van der Waals surface area (Å²) in [6, 6.07) is 56.3. The Balaban J connectivity index is 1.37. The molecule has 0 saturated carbocycles. The van der Waals surface area contributed by atoms with Crippen LogP contribution in [0.25, 0.3) is 43.1 Å². The van der Waals surface area contributed by atoms with Crippen molar-refractivity contribution in [1.82, 2.24) is 0 Å². The lowest BCUT2D eigenvalue weighted by atomic mass is 10.0. The van der Waals surface area contributed by atoms with E-state index in [4.69, 9.17) is 46.4 Å². The molecule has 0 atom stereocenters. The molecule has 0 spiro atoms. The van der Waals surface area contributed by atoms with Crippen molar-refractivity contribution in [2.75, 3.05) is 9.80 Å². The van der Waals surface area contributed by atoms with E-state index in [1.54, 1.807) is 0 Å². The van der Waals surface area contributed by atoms with Gasteiger partial charge in [0, 0.05) is 47.3 Å². The molecule has 0 bridgehead atoms. The van der Waals surface area contributed by atoms with Crippen LogP contribution in [0.3, 0.4) is 0 Å². The minimum Gasteiger partial charge on any atom is -0.309 e. The molecule has 9 rings (SSSR count). The summed E-state index contributed by atoms with van der Waals surface area (Å²) in [6.07, 6.45) is 0. The highest BCUT2D eigenvalue weighted by atomic mass is 35.5. The summed E-state index contributed by atoms with van der Waals surface area (Å²) in [4.78, 5) is 4.66. The summed E-state index contributed by atoms with van der Waals surface area (Å²) in [7, 11) is 0. The summed E-state index contributed by atoms with van der Waals surface area (Å²) < 4.78 is 0. The van der Waals surface area contributed by atoms with Gasteiger partial charge in [0.2, 0.25) is 0 Å². The van der Waals surface area contributed by atoms with Gasteiger partial charge in [-0.2, -0.15) is 0 Å². The zero-order chi connectivity index (χ0) is 36.2. The van der Waals surface area contributed by atoms with E-state index in [1.165, 1.54) is 0 Å². The van der Waals surface area contributed by atoms with E-state index in [0.29, 0.717) is 20.1 Å². The highest BCUT2D eigenvalue weighted by molar-refractivity contribution is 6.33. The van der Waals surface area contributed by atoms with Crippen LogP contribution in [0.15, 0.2) is 164 Å². The van der Waals surface area contributed by atoms with Gasteiger partial charge in [0.25, 0.3) is 0 Å². The molecule has 0 fully saturated rings. The molecular formula is C47H30Cl4N2. The first-order chi connectivity index (χ1) is 25.8. The van der Waals surface area contributed by atoms with Crippen molar-refractivity contribution in [2.24, 2.45) is 0 Å². The number of hydrogen-bond donors (Lipinski definition) is 0. The maximum atomic E-state index is 6.69. The summed E-state index contributed by atoms with van der Waals surface area (Å²) in [6.45, 7) is 2.15. The second-order valence-corrected chi connectivity index (χ2v) is 15.0. The Morgan fingerprint density at radius 3 is 1.02 bits per heavy atom. The third-order valence-corrected chi connectivity index (χ3v) is 10.9. The lowest BCUT2D eigenvalue weighted by Gasteiger charge is -2.32. The first-order valence-corrected chi connectivity index (χ1v) is 18.8. The molecule has 0 aliphatic rings. The van der Waals surface area contributed by atoms with Gasteiger partial charge in [-0.15, -0.1) is 0 Å². The molecular weight excluding hydrogens is 734 g/mol. The van der Waals surface area contributed by atoms with Gasteiger partial charge >= 0.3 is 0 Å². The van der Waals surface area contributed by atoms with Crippen LogP contribution in [-0.2, 0) is 0 Å². The lowest BCUT2D eigenvalue weighted by Crippen LogP contribution is -2.15. The molecule has 9 aromatic rings. The van der Waals surface area contributed by atoms with Crippen LogP contribution < -0.4 is 9.80 Å². The van der Waals surface area contributed by atoms with Crippen LogP contribution in [0.4, 0.5) is 34.1 Å². The molecule has 0 radical (unpaired) electrons. The third-order valence-electron chi connectivity index (χ3n) is 9.94. The molecule has 6 heteroatoms. The predicted octanol–water partition coefficient (Wildman–Crippen LogP) is 16.2. The third kappa shape index (κ3) is 6.12. The average Bonchev–Trinajstić information content (AvgIpc) is 3.16. The fraction of sp³-hybridized carbons (Fsp3) is 0.0213. The Hall–Kier alpha value is -5.22. The predicted molar refractivity (Wildman–Crippen MR) is 231 cm³/mol. The summed E-state index contributed by atoms with van der Waals surface area (Å²) >= 11 is 26.8. The van der Waals surface area contributed by atoms with E-state index in [1.807, 2.05) is 48.5 Å². The number of halogens is 4. The summed E-state index contributed by atoms with van der Waals surface area (Å²) in [5.74, 6) is 0. The van der Waals surface area contributed by atoms with Crippen molar-refractivity contribution in [1.29, 1.82) is 0 Å². The monoisotopic (exact) mass is 762 g/mol. The van der Waals surface area contributed by atoms with Gasteiger partial charge < -0.3 is 9.80 Å². The number of anilines is 6. The SMILES string of the molecule is Cc1ccc(N(c2cccc3ccc(Cl)cc23)c2cccc3ccc(Cl)cc23)cc1N(c1cccc2ccc(Cl)cc12)c1cccc2ccc(Cl)cc12. The molecule has 0 N–H and O–H groups in total. The maximum absolute atomic E-state index is 6.69. The molecule has 0 unspecified atom stereocenters. The number of nitrogens with zero attached hydrogens (tertiary/aromatic N) is 2. The van der Waals surface area contributed by atoms with E-state index in [0.717, 1.165) is 82.8 Å². The number of aryl methyl sites for hydroxylation is 1. The van der Waals surface area contributed by atoms with Crippen LogP contribution in [0, 0.1) is 6.92 Å². The first kappa shape index (κ1) is 33.6. The fourth-order valence-corrected chi connectivity index (χ4v) is 8.16. The molecule has 0 amide bonds. The first-order valence-electron chi connectivity index (χ1n) is 17.3. The number of fused-ring (bicyclic) bond motifs is 4.